The lowest BCUT2D eigenvalue weighted by atomic mass is 10.0. The minimum Gasteiger partial charge on any atom is -0.0776 e. The molecule has 0 aliphatic heterocycles. The number of hydrogen-bond donors (Lipinski definition) is 0. The van der Waals surface area contributed by atoms with Gasteiger partial charge in [0.05, 0.1) is 0 Å². The van der Waals surface area contributed by atoms with Crippen LogP contribution < -0.4 is 0 Å². The maximum absolute atomic E-state index is 2.33. The summed E-state index contributed by atoms with van der Waals surface area (Å²) >= 11 is 0. The monoisotopic (exact) mass is 176 g/mol. The first-order chi connectivity index (χ1) is 4.00. The Morgan fingerprint density at radius 3 is 0.727 bits per heavy atom. The van der Waals surface area contributed by atoms with Crippen LogP contribution in [0.5, 0.6) is 0 Å². The molecule has 0 aliphatic rings. The zero-order chi connectivity index (χ0) is 9.00. The van der Waals surface area contributed by atoms with Gasteiger partial charge in [0.1, 0.15) is 0 Å². The Morgan fingerprint density at radius 2 is 0.727 bits per heavy atom. The molecule has 0 aromatic heterocycles. The maximum atomic E-state index is 2.33. The van der Waals surface area contributed by atoms with Gasteiger partial charge in [0, 0.05) is 8.07 Å². The first-order valence-electron chi connectivity index (χ1n) is 4.00. The summed E-state index contributed by atoms with van der Waals surface area (Å²) in [4.78, 5) is 0. The summed E-state index contributed by atoms with van der Waals surface area (Å²) in [5.74, 6) is 0. The third-order valence-corrected chi connectivity index (χ3v) is 0. The van der Waals surface area contributed by atoms with Crippen LogP contribution in [0.2, 0.25) is 26.2 Å². The Kier molecular flexibility index (Phi) is 9.17. The van der Waals surface area contributed by atoms with Gasteiger partial charge in [0.25, 0.3) is 0 Å². The van der Waals surface area contributed by atoms with Crippen LogP contribution in [0.1, 0.15) is 35.1 Å². The van der Waals surface area contributed by atoms with Crippen molar-refractivity contribution in [2.24, 2.45) is 5.41 Å². The van der Waals surface area contributed by atoms with Gasteiger partial charge in [0.15, 0.2) is 0 Å². The van der Waals surface area contributed by atoms with E-state index >= 15 is 0 Å². The topological polar surface area (TPSA) is 0 Å². The molecule has 0 aromatic carbocycles. The lowest BCUT2D eigenvalue weighted by Gasteiger charge is -2.05. The highest BCUT2D eigenvalue weighted by atomic mass is 28.3. The SMILES string of the molecule is C.CC(C)(C)C.C[Si](C)(C)C. The molecule has 0 nitrogen and oxygen atoms in total. The third-order valence-electron chi connectivity index (χ3n) is 0. The summed E-state index contributed by atoms with van der Waals surface area (Å²) in [5, 5.41) is 0. The van der Waals surface area contributed by atoms with E-state index in [-0.39, 0.29) is 7.43 Å². The Balaban J connectivity index is -0.000000107. The van der Waals surface area contributed by atoms with E-state index in [1.807, 2.05) is 0 Å². The van der Waals surface area contributed by atoms with E-state index in [0.29, 0.717) is 5.41 Å². The normalized spacial score (nSPS) is 10.9. The smallest absolute Gasteiger partial charge is 0.0411 e. The number of hydrogen-bond acceptors (Lipinski definition) is 0. The van der Waals surface area contributed by atoms with E-state index in [0.717, 1.165) is 0 Å². The lowest BCUT2D eigenvalue weighted by molar-refractivity contribution is 0.469. The fraction of sp³-hybridized carbons (Fsp3) is 1.00. The van der Waals surface area contributed by atoms with Gasteiger partial charge >= 0.3 is 0 Å². The average Bonchev–Trinajstić information content (AvgIpc) is 1.12. The lowest BCUT2D eigenvalue weighted by Crippen LogP contribution is -2.10. The molecule has 11 heavy (non-hydrogen) atoms. The maximum Gasteiger partial charge on any atom is 0.0411 e. The number of rotatable bonds is 0. The zero-order valence-corrected chi connectivity index (χ0v) is 10.0. The van der Waals surface area contributed by atoms with Crippen LogP contribution in [0.3, 0.4) is 0 Å². The summed E-state index contributed by atoms with van der Waals surface area (Å²) in [5.41, 5.74) is 0.500. The van der Waals surface area contributed by atoms with Crippen molar-refractivity contribution in [3.05, 3.63) is 0 Å². The highest BCUT2D eigenvalue weighted by Crippen LogP contribution is 2.08. The molecule has 0 amide bonds. The molecule has 0 heterocycles. The van der Waals surface area contributed by atoms with E-state index in [1.54, 1.807) is 0 Å². The van der Waals surface area contributed by atoms with Crippen molar-refractivity contribution in [1.82, 2.24) is 0 Å². The van der Waals surface area contributed by atoms with Crippen LogP contribution >= 0.6 is 0 Å². The molecule has 0 spiro atoms. The second-order valence-corrected chi connectivity index (χ2v) is 12.0. The molecule has 0 fully saturated rings. The molecule has 0 bridgehead atoms. The zero-order valence-electron chi connectivity index (χ0n) is 9.00. The Labute approximate surface area is 75.4 Å². The van der Waals surface area contributed by atoms with Crippen molar-refractivity contribution in [2.45, 2.75) is 61.3 Å². The predicted octanol–water partition coefficient (Wildman–Crippen LogP) is 4.64. The second kappa shape index (κ2) is 5.82. The first-order valence-corrected chi connectivity index (χ1v) is 8.00. The summed E-state index contributed by atoms with van der Waals surface area (Å²) in [6.07, 6.45) is 0. The van der Waals surface area contributed by atoms with E-state index in [1.165, 1.54) is 0 Å². The van der Waals surface area contributed by atoms with Gasteiger partial charge < -0.3 is 0 Å². The molecule has 0 aliphatic carbocycles. The summed E-state index contributed by atoms with van der Waals surface area (Å²) in [7, 11) is -0.611. The van der Waals surface area contributed by atoms with Gasteiger partial charge in [-0.2, -0.15) is 0 Å². The van der Waals surface area contributed by atoms with Gasteiger partial charge in [0.2, 0.25) is 0 Å². The van der Waals surface area contributed by atoms with Gasteiger partial charge in [-0.25, -0.2) is 0 Å². The average molecular weight is 176 g/mol. The van der Waals surface area contributed by atoms with Gasteiger partial charge in [-0.15, -0.1) is 0 Å². The Bertz CT molecular complexity index is 47.9. The fourth-order valence-corrected chi connectivity index (χ4v) is 0. The first kappa shape index (κ1) is 17.3. The van der Waals surface area contributed by atoms with E-state index in [9.17, 15) is 0 Å². The van der Waals surface area contributed by atoms with Crippen molar-refractivity contribution in [3.63, 3.8) is 0 Å². The molecular formula is C10H28Si. The quantitative estimate of drug-likeness (QED) is 0.472. The van der Waals surface area contributed by atoms with Crippen LogP contribution in [-0.2, 0) is 0 Å². The van der Waals surface area contributed by atoms with Crippen LogP contribution in [-0.4, -0.2) is 8.07 Å². The van der Waals surface area contributed by atoms with Crippen LogP contribution in [0.4, 0.5) is 0 Å². The molecule has 0 saturated carbocycles. The molecule has 0 aromatic rings. The summed E-state index contributed by atoms with van der Waals surface area (Å²) in [6, 6.07) is 0. The van der Waals surface area contributed by atoms with Crippen LogP contribution in [0, 0.1) is 5.41 Å². The fourth-order valence-electron chi connectivity index (χ4n) is 0. The van der Waals surface area contributed by atoms with E-state index in [4.69, 9.17) is 0 Å². The molecule has 72 valence electrons. The van der Waals surface area contributed by atoms with Gasteiger partial charge in [-0.1, -0.05) is 61.3 Å². The van der Waals surface area contributed by atoms with Crippen LogP contribution in [0.15, 0.2) is 0 Å². The molecule has 0 atom stereocenters. The molecular weight excluding hydrogens is 148 g/mol. The standard InChI is InChI=1S/C5H12.C4H12Si.CH4/c2*1-5(2,3)4;/h2*1-4H3;1H4. The van der Waals surface area contributed by atoms with Gasteiger partial charge in [-0.05, 0) is 5.41 Å². The van der Waals surface area contributed by atoms with Gasteiger partial charge in [-0.3, -0.25) is 0 Å². The van der Waals surface area contributed by atoms with E-state index < -0.39 is 8.07 Å². The minimum absolute atomic E-state index is 0. The van der Waals surface area contributed by atoms with Crippen molar-refractivity contribution in [1.29, 1.82) is 0 Å². The highest BCUT2D eigenvalue weighted by molar-refractivity contribution is 6.74. The summed E-state index contributed by atoms with van der Waals surface area (Å²) in [6.45, 7) is 18.1. The second-order valence-electron chi connectivity index (χ2n) is 6.00. The third kappa shape index (κ3) is 14700. The summed E-state index contributed by atoms with van der Waals surface area (Å²) < 4.78 is 0. The Hall–Kier alpha value is 0.217. The molecule has 0 radical (unpaired) electrons. The largest absolute Gasteiger partial charge is 0.0776 e. The minimum atomic E-state index is -0.611. The van der Waals surface area contributed by atoms with Crippen LogP contribution in [0.25, 0.3) is 0 Å². The Morgan fingerprint density at radius 1 is 0.727 bits per heavy atom. The van der Waals surface area contributed by atoms with Crippen molar-refractivity contribution in [2.75, 3.05) is 0 Å². The molecule has 0 unspecified atom stereocenters. The highest BCUT2D eigenvalue weighted by Gasteiger charge is 1.99. The molecule has 0 saturated heterocycles. The predicted molar refractivity (Wildman–Crippen MR) is 61.1 cm³/mol. The molecule has 0 N–H and O–H groups in total. The van der Waals surface area contributed by atoms with Crippen molar-refractivity contribution in [3.8, 4) is 0 Å². The molecule has 1 heteroatoms. The molecule has 0 rings (SSSR count). The van der Waals surface area contributed by atoms with Crippen molar-refractivity contribution < 1.29 is 0 Å². The van der Waals surface area contributed by atoms with E-state index in [2.05, 4.69) is 53.9 Å². The van der Waals surface area contributed by atoms with Crippen molar-refractivity contribution >= 4 is 8.07 Å².